The molecule has 0 saturated carbocycles. The Kier molecular flexibility index (Phi) is 42.0. The van der Waals surface area contributed by atoms with Gasteiger partial charge < -0.3 is 118 Å². The highest BCUT2D eigenvalue weighted by Crippen LogP contribution is 2.25. The molecule has 2 aliphatic heterocycles. The highest BCUT2D eigenvalue weighted by atomic mass is 32.2. The molecule has 135 heavy (non-hydrogen) atoms. The lowest BCUT2D eigenvalue weighted by molar-refractivity contribution is -0.142. The Bertz CT molecular complexity index is 5250. The molecular weight excluding hydrogens is 1850 g/mol. The summed E-state index contributed by atoms with van der Waals surface area (Å²) in [6.45, 7) is 3.72. The number of carbonyl (C=O) groups excluding carboxylic acids is 16. The van der Waals surface area contributed by atoms with Gasteiger partial charge in [-0.1, -0.05) is 106 Å². The molecule has 16 amide bonds. The van der Waals surface area contributed by atoms with E-state index >= 15 is 9.59 Å². The van der Waals surface area contributed by atoms with E-state index in [9.17, 15) is 124 Å². The third-order valence-electron chi connectivity index (χ3n) is 21.0. The zero-order chi connectivity index (χ0) is 101. The van der Waals surface area contributed by atoms with Gasteiger partial charge in [0.25, 0.3) is 0 Å². The number of β-amino-alcohol motifs (C(OH)–C–C–N with tert-alkyl or cyclic N) is 1. The molecule has 2 saturated heterocycles. The van der Waals surface area contributed by atoms with E-state index in [0.29, 0.717) is 43.1 Å². The van der Waals surface area contributed by atoms with Gasteiger partial charge in [0, 0.05) is 75.3 Å². The molecule has 2 unspecified atom stereocenters. The zero-order valence-corrected chi connectivity index (χ0v) is 78.0. The number of amides is 16. The van der Waals surface area contributed by atoms with Crippen molar-refractivity contribution in [3.63, 3.8) is 0 Å². The van der Waals surface area contributed by atoms with Crippen LogP contribution in [-0.4, -0.2) is 321 Å². The number of rotatable bonds is 34. The Morgan fingerprint density at radius 2 is 1.12 bits per heavy atom. The predicted molar refractivity (Wildman–Crippen MR) is 487 cm³/mol. The molecule has 48 nitrogen and oxygen atoms in total. The standard InChI is InChI=1S/C83H116N20O28S4/c1-43(84)70(115)100-62(80(125)90-44(2)71(116)93-54(68(86)113)35-63(85)106)40-133-29-31-135(130,131)103-27-26-102-41-83(127,42-103)88-38-60(98-72(117)45(3)89-74(119)57(91-46(4)104)34-50-18-13-17-49-16-11-12-19-52(49)50)79(124)92-53(24-25-64(107)108)73(118)96-58(36-65(109)110)77(122)95-55(32-47-14-9-8-10-15-47)75(120)94-56(33-48-20-22-51(105)23-21-48)76(121)97-59(37-66(111)112)78(123)101-67(82(5,6)7)81(126)99-61(69(87)114)39-132-28-30-134(102,128)129/h8-23,43-45,53-62,67,88,105,127H,24-42,84H2,1-7H3,(H2,85,106)(H2,86,113)(H2,87,114)(H,89,119)(H,90,125)(H,91,104)(H,92,124)(H,93,116)(H,94,120)(H,95,122)(H,96,118)(H,97,121)(H,98,117)(H,99,126)(H,100,115)(H,101,123)(H,107,108)(H,109,110)(H,111,112)/t43-,44+,45+,53-,54-,55-,56-,57-,58-,59-,60+,61-,62-,67+,83?/m0/s1. The number of carbonyl (C=O) groups is 19. The maximum atomic E-state index is 15.4. The topological polar surface area (TPSA) is 773 Å². The van der Waals surface area contributed by atoms with E-state index in [0.717, 1.165) is 26.2 Å². The minimum atomic E-state index is -4.88. The maximum Gasteiger partial charge on any atom is 0.305 e. The van der Waals surface area contributed by atoms with Gasteiger partial charge in [-0.15, -0.1) is 0 Å². The Morgan fingerprint density at radius 3 is 1.67 bits per heavy atom. The molecule has 16 atom stereocenters. The molecule has 6 rings (SSSR count). The fraction of sp³-hybridized carbons (Fsp3) is 0.506. The van der Waals surface area contributed by atoms with Crippen molar-refractivity contribution in [2.45, 2.75) is 190 Å². The van der Waals surface area contributed by atoms with Crippen LogP contribution in [0.3, 0.4) is 0 Å². The number of aliphatic carboxylic acids is 3. The lowest BCUT2D eigenvalue weighted by Gasteiger charge is -2.35. The number of nitrogens with zero attached hydrogens (tertiary/aromatic N) is 2. The van der Waals surface area contributed by atoms with Crippen LogP contribution in [0.5, 0.6) is 5.75 Å². The summed E-state index contributed by atoms with van der Waals surface area (Å²) >= 11 is 1.39. The number of nitrogens with two attached hydrogens (primary N) is 4. The van der Waals surface area contributed by atoms with Crippen molar-refractivity contribution < 1.29 is 133 Å². The molecule has 740 valence electrons. The highest BCUT2D eigenvalue weighted by molar-refractivity contribution is 8.00. The van der Waals surface area contributed by atoms with Crippen LogP contribution in [0.15, 0.2) is 97.1 Å². The molecule has 27 N–H and O–H groups in total. The van der Waals surface area contributed by atoms with Crippen molar-refractivity contribution in [1.29, 1.82) is 0 Å². The molecule has 0 aliphatic carbocycles. The molecule has 52 heteroatoms. The average molecular weight is 1970 g/mol. The molecule has 2 aliphatic rings. The van der Waals surface area contributed by atoms with Crippen molar-refractivity contribution in [3.8, 4) is 5.75 Å². The molecule has 0 aromatic heterocycles. The number of carboxylic acids is 3. The summed E-state index contributed by atoms with van der Waals surface area (Å²) in [6, 6.07) is -0.656. The summed E-state index contributed by atoms with van der Waals surface area (Å²) in [7, 11) is -9.75. The highest BCUT2D eigenvalue weighted by Gasteiger charge is 2.46. The minimum Gasteiger partial charge on any atom is -0.508 e. The second kappa shape index (κ2) is 51.1. The number of phenols is 1. The minimum absolute atomic E-state index is 0.176. The van der Waals surface area contributed by atoms with Crippen molar-refractivity contribution in [3.05, 3.63) is 114 Å². The first kappa shape index (κ1) is 111. The van der Waals surface area contributed by atoms with Crippen LogP contribution in [0.1, 0.15) is 97.3 Å². The normalized spacial score (nSPS) is 22.7. The van der Waals surface area contributed by atoms with Gasteiger partial charge in [-0.25, -0.2) is 16.8 Å². The van der Waals surface area contributed by atoms with Gasteiger partial charge in [0.15, 0.2) is 0 Å². The Morgan fingerprint density at radius 1 is 0.593 bits per heavy atom. The van der Waals surface area contributed by atoms with Gasteiger partial charge in [-0.05, 0) is 72.2 Å². The summed E-state index contributed by atoms with van der Waals surface area (Å²) in [5, 5.41) is 88.5. The van der Waals surface area contributed by atoms with Crippen LogP contribution >= 0.6 is 23.5 Å². The number of phenolic OH excluding ortho intramolecular Hbond substituents is 1. The van der Waals surface area contributed by atoms with Crippen molar-refractivity contribution in [2.75, 3.05) is 67.2 Å². The number of fused-ring (bicyclic) bond motifs is 3. The maximum absolute atomic E-state index is 15.4. The van der Waals surface area contributed by atoms with E-state index in [4.69, 9.17) is 22.9 Å². The van der Waals surface area contributed by atoms with Gasteiger partial charge in [0.1, 0.15) is 90.0 Å². The summed E-state index contributed by atoms with van der Waals surface area (Å²) in [5.41, 5.74) is 18.8. The van der Waals surface area contributed by atoms with Crippen LogP contribution < -0.4 is 97.4 Å². The van der Waals surface area contributed by atoms with Gasteiger partial charge in [-0.3, -0.25) is 96.4 Å². The molecule has 2 fully saturated rings. The Hall–Kier alpha value is -12.7. The number of carboxylic acid groups (broad SMARTS) is 3. The van der Waals surface area contributed by atoms with Crippen LogP contribution in [0.4, 0.5) is 0 Å². The van der Waals surface area contributed by atoms with E-state index in [1.54, 1.807) is 48.5 Å². The summed E-state index contributed by atoms with van der Waals surface area (Å²) in [4.78, 5) is 261. The number of primary amides is 3. The van der Waals surface area contributed by atoms with Crippen LogP contribution in [-0.2, 0) is 130 Å². The third kappa shape index (κ3) is 36.2. The van der Waals surface area contributed by atoms with Crippen molar-refractivity contribution in [2.24, 2.45) is 28.3 Å². The van der Waals surface area contributed by atoms with E-state index in [-0.39, 0.29) is 23.3 Å². The van der Waals surface area contributed by atoms with E-state index < -0.39 is 340 Å². The number of sulfonamides is 2. The monoisotopic (exact) mass is 1970 g/mol. The average Bonchev–Trinajstić information content (AvgIpc) is 1.68. The Balaban J connectivity index is 1.49. The Labute approximate surface area is 784 Å². The lowest BCUT2D eigenvalue weighted by Crippen LogP contribution is -2.65. The second-order valence-electron chi connectivity index (χ2n) is 33.2. The van der Waals surface area contributed by atoms with Crippen LogP contribution in [0, 0.1) is 5.41 Å². The third-order valence-corrected chi connectivity index (χ3v) is 27.3. The van der Waals surface area contributed by atoms with E-state index in [2.05, 4.69) is 74.4 Å². The van der Waals surface area contributed by atoms with Crippen LogP contribution in [0.2, 0.25) is 0 Å². The van der Waals surface area contributed by atoms with Crippen molar-refractivity contribution in [1.82, 2.24) is 83.0 Å². The number of hydrogen-bond acceptors (Lipinski definition) is 29. The summed E-state index contributed by atoms with van der Waals surface area (Å²) in [6.07, 6.45) is -6.53. The first-order chi connectivity index (χ1) is 63.1. The number of hydrogen-bond donors (Lipinski definition) is 23. The zero-order valence-electron chi connectivity index (χ0n) is 74.7. The van der Waals surface area contributed by atoms with Crippen molar-refractivity contribution >= 4 is 167 Å². The number of nitrogens with one attached hydrogen (secondary N) is 14. The quantitative estimate of drug-likeness (QED) is 0.0193. The molecule has 0 radical (unpaired) electrons. The van der Waals surface area contributed by atoms with E-state index in [1.807, 2.05) is 0 Å². The first-order valence-electron chi connectivity index (χ1n) is 42.2. The van der Waals surface area contributed by atoms with Gasteiger partial charge in [-0.2, -0.15) is 32.1 Å². The lowest BCUT2D eigenvalue weighted by atomic mass is 9.85. The number of aromatic hydroxyl groups is 1. The van der Waals surface area contributed by atoms with Gasteiger partial charge in [0.2, 0.25) is 115 Å². The smallest absolute Gasteiger partial charge is 0.305 e. The second-order valence-corrected chi connectivity index (χ2v) is 39.7. The number of benzene rings is 4. The van der Waals surface area contributed by atoms with Crippen LogP contribution in [0.25, 0.3) is 10.8 Å². The molecule has 2 bridgehead atoms. The summed E-state index contributed by atoms with van der Waals surface area (Å²) in [5.74, 6) is -28.4. The molecule has 0 spiro atoms. The fourth-order valence-corrected chi connectivity index (χ4v) is 19.6. The SMILES string of the molecule is CC(=O)N[C@@H](Cc1cccc2ccccc12)C(=O)N[C@H](C)C(=O)N[C@@H]1CNC2(O)CN(CCN(S(=O)(=O)CCSC[C@H](NC(=O)[C@H](C)N)C(=O)N[C@H](C)C(=O)N[C@@H](CC(N)=O)C(N)=O)C2)S(=O)(=O)CCSC[C@@H](C(N)=O)NC(=O)[C@H](C(C)(C)C)NC(=O)[C@H](CC(=O)O)NC(=O)[C@H](Cc2ccc(O)cc2)NC(=O)[C@H](Cc2ccccc2)NC(=O)[C@H](CC(=O)O)NC(=O)[C@H](CCC(=O)O)NC1=O. The number of aliphatic hydroxyl groups is 1. The molecule has 4 aromatic carbocycles. The van der Waals surface area contributed by atoms with E-state index in [1.165, 1.54) is 76.2 Å². The largest absolute Gasteiger partial charge is 0.508 e. The molecule has 2 heterocycles. The van der Waals surface area contributed by atoms with Gasteiger partial charge in [0.05, 0.1) is 49.9 Å². The summed E-state index contributed by atoms with van der Waals surface area (Å²) < 4.78 is 60.9. The van der Waals surface area contributed by atoms with Gasteiger partial charge >= 0.3 is 17.9 Å². The number of thioether (sulfide) groups is 2. The first-order valence-corrected chi connectivity index (χ1v) is 47.7. The molecule has 4 aromatic rings. The molecular formula is C83H116N20O28S4. The predicted octanol–water partition coefficient (Wildman–Crippen LogP) is -7.98. The fourth-order valence-electron chi connectivity index (χ4n) is 13.7.